The van der Waals surface area contributed by atoms with Crippen molar-refractivity contribution in [2.24, 2.45) is 0 Å². The van der Waals surface area contributed by atoms with Gasteiger partial charge in [-0.3, -0.25) is 4.90 Å². The van der Waals surface area contributed by atoms with Gasteiger partial charge in [0.2, 0.25) is 0 Å². The molecule has 2 aromatic carbocycles. The second-order valence-electron chi connectivity index (χ2n) is 6.57. The first-order chi connectivity index (χ1) is 13.1. The molecule has 0 unspecified atom stereocenters. The van der Waals surface area contributed by atoms with Crippen LogP contribution in [0.4, 0.5) is 5.69 Å². The van der Waals surface area contributed by atoms with E-state index in [-0.39, 0.29) is 11.5 Å². The van der Waals surface area contributed by atoms with Crippen LogP contribution in [-0.4, -0.2) is 66.9 Å². The zero-order chi connectivity index (χ0) is 18.9. The lowest BCUT2D eigenvalue weighted by Crippen LogP contribution is -2.47. The third-order valence-corrected chi connectivity index (χ3v) is 6.57. The SMILES string of the molecule is O=S(=O)(c1ccccc1)n1ncc2c(N3CCN(CCO)CC3)cccc21. The zero-order valence-corrected chi connectivity index (χ0v) is 15.7. The lowest BCUT2D eigenvalue weighted by atomic mass is 10.2. The van der Waals surface area contributed by atoms with Gasteiger partial charge in [0, 0.05) is 43.8 Å². The number of aliphatic hydroxyl groups excluding tert-OH is 1. The van der Waals surface area contributed by atoms with Crippen LogP contribution in [0.15, 0.2) is 59.6 Å². The Morgan fingerprint density at radius 1 is 0.963 bits per heavy atom. The second-order valence-corrected chi connectivity index (χ2v) is 8.34. The maximum absolute atomic E-state index is 13.0. The molecule has 0 aliphatic carbocycles. The summed E-state index contributed by atoms with van der Waals surface area (Å²) in [5.41, 5.74) is 1.57. The van der Waals surface area contributed by atoms with Gasteiger partial charge in [-0.2, -0.15) is 17.6 Å². The molecule has 1 N–H and O–H groups in total. The van der Waals surface area contributed by atoms with Crippen molar-refractivity contribution in [2.45, 2.75) is 4.90 Å². The standard InChI is InChI=1S/C19H22N4O3S/c24-14-13-21-9-11-22(12-10-21)18-7-4-8-19-17(18)15-20-23(19)27(25,26)16-5-2-1-3-6-16/h1-8,15,24H,9-14H2. The third-order valence-electron chi connectivity index (χ3n) is 4.96. The van der Waals surface area contributed by atoms with Gasteiger partial charge in [-0.1, -0.05) is 24.3 Å². The predicted molar refractivity (Wildman–Crippen MR) is 104 cm³/mol. The van der Waals surface area contributed by atoms with Gasteiger partial charge in [0.25, 0.3) is 10.0 Å². The van der Waals surface area contributed by atoms with E-state index in [9.17, 15) is 8.42 Å². The molecule has 27 heavy (non-hydrogen) atoms. The molecule has 2 heterocycles. The molecule has 0 bridgehead atoms. The van der Waals surface area contributed by atoms with Gasteiger partial charge in [-0.05, 0) is 24.3 Å². The van der Waals surface area contributed by atoms with Gasteiger partial charge in [0.15, 0.2) is 0 Å². The van der Waals surface area contributed by atoms with Crippen LogP contribution in [0.1, 0.15) is 0 Å². The third kappa shape index (κ3) is 3.31. The first-order valence-corrected chi connectivity index (χ1v) is 10.4. The first kappa shape index (κ1) is 18.0. The minimum absolute atomic E-state index is 0.166. The quantitative estimate of drug-likeness (QED) is 0.714. The molecule has 7 nitrogen and oxygen atoms in total. The Morgan fingerprint density at radius 3 is 2.41 bits per heavy atom. The number of piperazine rings is 1. The van der Waals surface area contributed by atoms with E-state index in [1.165, 1.54) is 0 Å². The molecule has 142 valence electrons. The second kappa shape index (κ2) is 7.30. The lowest BCUT2D eigenvalue weighted by molar-refractivity contribution is 0.189. The van der Waals surface area contributed by atoms with Crippen LogP contribution in [0, 0.1) is 0 Å². The van der Waals surface area contributed by atoms with E-state index in [1.807, 2.05) is 12.1 Å². The largest absolute Gasteiger partial charge is 0.395 e. The van der Waals surface area contributed by atoms with Gasteiger partial charge in [0.1, 0.15) is 0 Å². The number of hydrogen-bond acceptors (Lipinski definition) is 6. The smallest absolute Gasteiger partial charge is 0.283 e. The van der Waals surface area contributed by atoms with Crippen molar-refractivity contribution >= 4 is 26.6 Å². The van der Waals surface area contributed by atoms with Crippen LogP contribution in [-0.2, 0) is 10.0 Å². The van der Waals surface area contributed by atoms with Crippen LogP contribution in [0.3, 0.4) is 0 Å². The van der Waals surface area contributed by atoms with Crippen molar-refractivity contribution in [3.05, 3.63) is 54.7 Å². The van der Waals surface area contributed by atoms with E-state index in [0.29, 0.717) is 12.1 Å². The summed E-state index contributed by atoms with van der Waals surface area (Å²) in [5.74, 6) is 0. The van der Waals surface area contributed by atoms with E-state index in [4.69, 9.17) is 5.11 Å². The topological polar surface area (TPSA) is 78.7 Å². The molecule has 8 heteroatoms. The normalized spacial score (nSPS) is 16.1. The number of β-amino-alcohol motifs (C(OH)–C–C–N with tert-alkyl or cyclic N) is 1. The summed E-state index contributed by atoms with van der Waals surface area (Å²) in [6.07, 6.45) is 1.63. The molecular weight excluding hydrogens is 364 g/mol. The molecule has 1 aliphatic heterocycles. The molecule has 0 spiro atoms. The summed E-state index contributed by atoms with van der Waals surface area (Å²) >= 11 is 0. The highest BCUT2D eigenvalue weighted by Crippen LogP contribution is 2.29. The van der Waals surface area contributed by atoms with Gasteiger partial charge >= 0.3 is 0 Å². The zero-order valence-electron chi connectivity index (χ0n) is 14.9. The molecule has 1 aliphatic rings. The fourth-order valence-electron chi connectivity index (χ4n) is 3.53. The molecule has 1 fully saturated rings. The minimum atomic E-state index is -3.73. The van der Waals surface area contributed by atoms with Gasteiger partial charge in [-0.25, -0.2) is 0 Å². The van der Waals surface area contributed by atoms with Gasteiger partial charge < -0.3 is 10.0 Å². The maximum Gasteiger partial charge on any atom is 0.283 e. The Hall–Kier alpha value is -2.42. The molecule has 1 aromatic heterocycles. The number of aliphatic hydroxyl groups is 1. The van der Waals surface area contributed by atoms with Crippen molar-refractivity contribution in [3.63, 3.8) is 0 Å². The van der Waals surface area contributed by atoms with Crippen LogP contribution >= 0.6 is 0 Å². The van der Waals surface area contributed by atoms with E-state index in [0.717, 1.165) is 41.3 Å². The monoisotopic (exact) mass is 386 g/mol. The fourth-order valence-corrected chi connectivity index (χ4v) is 4.82. The average Bonchev–Trinajstić information content (AvgIpc) is 3.15. The van der Waals surface area contributed by atoms with Crippen LogP contribution < -0.4 is 4.90 Å². The van der Waals surface area contributed by atoms with Crippen molar-refractivity contribution in [3.8, 4) is 0 Å². The number of aromatic nitrogens is 2. The number of rotatable bonds is 5. The summed E-state index contributed by atoms with van der Waals surface area (Å²) in [6.45, 7) is 4.25. The Labute approximate surface area is 158 Å². The van der Waals surface area contributed by atoms with Crippen molar-refractivity contribution < 1.29 is 13.5 Å². The molecule has 4 rings (SSSR count). The fraction of sp³-hybridized carbons (Fsp3) is 0.316. The lowest BCUT2D eigenvalue weighted by Gasteiger charge is -2.36. The molecule has 3 aromatic rings. The number of fused-ring (bicyclic) bond motifs is 1. The number of benzene rings is 2. The predicted octanol–water partition coefficient (Wildman–Crippen LogP) is 1.39. The summed E-state index contributed by atoms with van der Waals surface area (Å²) in [4.78, 5) is 4.69. The Kier molecular flexibility index (Phi) is 4.86. The van der Waals surface area contributed by atoms with Crippen molar-refractivity contribution in [2.75, 3.05) is 44.2 Å². The molecular formula is C19H22N4O3S. The highest BCUT2D eigenvalue weighted by atomic mass is 32.2. The Bertz CT molecular complexity index is 1030. The van der Waals surface area contributed by atoms with E-state index in [1.54, 1.807) is 42.6 Å². The van der Waals surface area contributed by atoms with E-state index < -0.39 is 10.0 Å². The summed E-state index contributed by atoms with van der Waals surface area (Å²) < 4.78 is 27.1. The highest BCUT2D eigenvalue weighted by molar-refractivity contribution is 7.90. The summed E-state index contributed by atoms with van der Waals surface area (Å²) in [6, 6.07) is 14.0. The van der Waals surface area contributed by atoms with Crippen LogP contribution in [0.25, 0.3) is 10.9 Å². The van der Waals surface area contributed by atoms with Gasteiger partial charge in [0.05, 0.1) is 23.2 Å². The maximum atomic E-state index is 13.0. The number of hydrogen-bond donors (Lipinski definition) is 1. The first-order valence-electron chi connectivity index (χ1n) is 8.97. The summed E-state index contributed by atoms with van der Waals surface area (Å²) in [5, 5.41) is 14.1. The molecule has 0 saturated carbocycles. The molecule has 0 amide bonds. The molecule has 0 radical (unpaired) electrons. The van der Waals surface area contributed by atoms with Crippen molar-refractivity contribution in [1.29, 1.82) is 0 Å². The molecule has 0 atom stereocenters. The number of anilines is 1. The minimum Gasteiger partial charge on any atom is -0.395 e. The highest BCUT2D eigenvalue weighted by Gasteiger charge is 2.23. The average molecular weight is 386 g/mol. The Balaban J connectivity index is 1.69. The van der Waals surface area contributed by atoms with Crippen molar-refractivity contribution in [1.82, 2.24) is 14.1 Å². The van der Waals surface area contributed by atoms with E-state index in [2.05, 4.69) is 14.9 Å². The Morgan fingerprint density at radius 2 is 1.70 bits per heavy atom. The number of nitrogens with zero attached hydrogens (tertiary/aromatic N) is 4. The van der Waals surface area contributed by atoms with Crippen LogP contribution in [0.2, 0.25) is 0 Å². The summed E-state index contributed by atoms with van der Waals surface area (Å²) in [7, 11) is -3.73. The van der Waals surface area contributed by atoms with E-state index >= 15 is 0 Å². The molecule has 1 saturated heterocycles. The van der Waals surface area contributed by atoms with Crippen LogP contribution in [0.5, 0.6) is 0 Å². The van der Waals surface area contributed by atoms with Gasteiger partial charge in [-0.15, -0.1) is 0 Å².